The Kier molecular flexibility index (Phi) is 3.27. The lowest BCUT2D eigenvalue weighted by molar-refractivity contribution is 0.0673. The van der Waals surface area contributed by atoms with Crippen LogP contribution in [-0.2, 0) is 0 Å². The Bertz CT molecular complexity index is 327. The summed E-state index contributed by atoms with van der Waals surface area (Å²) in [5, 5.41) is 0. The van der Waals surface area contributed by atoms with Crippen molar-refractivity contribution in [2.45, 2.75) is 12.8 Å². The van der Waals surface area contributed by atoms with Gasteiger partial charge in [0.1, 0.15) is 0 Å². The molecule has 1 aliphatic heterocycles. The molecule has 0 aliphatic carbocycles. The van der Waals surface area contributed by atoms with Gasteiger partial charge in [0.15, 0.2) is 5.69 Å². The molecule has 0 radical (unpaired) electrons. The number of aromatic nitrogens is 2. The number of carbonyl (C=O) groups is 1. The van der Waals surface area contributed by atoms with Gasteiger partial charge >= 0.3 is 0 Å². The average Bonchev–Trinajstić information content (AvgIpc) is 2.81. The van der Waals surface area contributed by atoms with Gasteiger partial charge in [-0.15, -0.1) is 0 Å². The molecule has 82 valence electrons. The number of hydrogen-bond donors (Lipinski definition) is 1. The van der Waals surface area contributed by atoms with Crippen LogP contribution in [-0.4, -0.2) is 39.2 Å². The summed E-state index contributed by atoms with van der Waals surface area (Å²) in [6, 6.07) is 0. The minimum Gasteiger partial charge on any atom is -0.337 e. The van der Waals surface area contributed by atoms with E-state index in [-0.39, 0.29) is 5.91 Å². The van der Waals surface area contributed by atoms with Crippen LogP contribution in [0.25, 0.3) is 0 Å². The van der Waals surface area contributed by atoms with Crippen LogP contribution in [0.1, 0.15) is 23.3 Å². The molecule has 6 heteroatoms. The number of carbonyl (C=O) groups excluding carboxylic acids is 1. The first-order valence-electron chi connectivity index (χ1n) is 5.08. The van der Waals surface area contributed by atoms with Crippen molar-refractivity contribution in [2.24, 2.45) is 11.7 Å². The zero-order chi connectivity index (χ0) is 10.7. The molecule has 0 aromatic carbocycles. The molecule has 1 unspecified atom stereocenters. The lowest BCUT2D eigenvalue weighted by atomic mass is 9.98. The Morgan fingerprint density at radius 1 is 1.73 bits per heavy atom. The predicted octanol–water partition coefficient (Wildman–Crippen LogP) is 0.349. The molecular formula is C9H14N4OS. The Morgan fingerprint density at radius 2 is 2.60 bits per heavy atom. The number of nitrogens with zero attached hydrogens (tertiary/aromatic N) is 3. The van der Waals surface area contributed by atoms with Gasteiger partial charge in [-0.2, -0.15) is 8.75 Å². The van der Waals surface area contributed by atoms with E-state index in [9.17, 15) is 4.79 Å². The van der Waals surface area contributed by atoms with Crippen LogP contribution in [0.3, 0.4) is 0 Å². The molecule has 0 saturated carbocycles. The smallest absolute Gasteiger partial charge is 0.275 e. The van der Waals surface area contributed by atoms with Crippen molar-refractivity contribution >= 4 is 17.6 Å². The Labute approximate surface area is 92.6 Å². The second-order valence-corrected chi connectivity index (χ2v) is 4.34. The summed E-state index contributed by atoms with van der Waals surface area (Å²) in [5.41, 5.74) is 6.08. The Balaban J connectivity index is 2.01. The fourth-order valence-electron chi connectivity index (χ4n) is 1.86. The van der Waals surface area contributed by atoms with E-state index in [0.717, 1.165) is 37.7 Å². The third-order valence-corrected chi connectivity index (χ3v) is 3.20. The summed E-state index contributed by atoms with van der Waals surface area (Å²) in [4.78, 5) is 13.7. The molecule has 1 atom stereocenters. The summed E-state index contributed by atoms with van der Waals surface area (Å²) < 4.78 is 7.79. The van der Waals surface area contributed by atoms with Gasteiger partial charge in [-0.25, -0.2) is 0 Å². The molecule has 1 aromatic heterocycles. The zero-order valence-electron chi connectivity index (χ0n) is 8.43. The largest absolute Gasteiger partial charge is 0.337 e. The molecule has 2 rings (SSSR count). The Hall–Kier alpha value is -1.01. The average molecular weight is 226 g/mol. The van der Waals surface area contributed by atoms with Crippen LogP contribution in [0, 0.1) is 5.92 Å². The van der Waals surface area contributed by atoms with E-state index in [4.69, 9.17) is 5.73 Å². The molecule has 5 nitrogen and oxygen atoms in total. The molecule has 0 bridgehead atoms. The van der Waals surface area contributed by atoms with Crippen LogP contribution in [0.5, 0.6) is 0 Å². The summed E-state index contributed by atoms with van der Waals surface area (Å²) in [5.74, 6) is 0.427. The second kappa shape index (κ2) is 4.67. The molecule has 1 aliphatic rings. The fourth-order valence-corrected chi connectivity index (χ4v) is 2.27. The normalized spacial score (nSPS) is 21.7. The van der Waals surface area contributed by atoms with E-state index in [1.807, 2.05) is 4.90 Å². The topological polar surface area (TPSA) is 72.1 Å². The molecule has 1 saturated heterocycles. The summed E-state index contributed by atoms with van der Waals surface area (Å²) in [7, 11) is 0. The lowest BCUT2D eigenvalue weighted by Gasteiger charge is -2.31. The number of amides is 1. The van der Waals surface area contributed by atoms with Crippen molar-refractivity contribution in [1.29, 1.82) is 0 Å². The monoisotopic (exact) mass is 226 g/mol. The van der Waals surface area contributed by atoms with Crippen molar-refractivity contribution in [1.82, 2.24) is 13.6 Å². The maximum atomic E-state index is 11.9. The van der Waals surface area contributed by atoms with Gasteiger partial charge < -0.3 is 10.6 Å². The number of rotatable bonds is 2. The maximum absolute atomic E-state index is 11.9. The predicted molar refractivity (Wildman–Crippen MR) is 57.6 cm³/mol. The van der Waals surface area contributed by atoms with Gasteiger partial charge in [-0.1, -0.05) is 0 Å². The van der Waals surface area contributed by atoms with E-state index >= 15 is 0 Å². The third-order valence-electron chi connectivity index (χ3n) is 2.72. The first-order valence-corrected chi connectivity index (χ1v) is 5.81. The van der Waals surface area contributed by atoms with Gasteiger partial charge in [-0.3, -0.25) is 4.79 Å². The number of piperidine rings is 1. The van der Waals surface area contributed by atoms with Crippen LogP contribution in [0.15, 0.2) is 6.20 Å². The molecule has 1 amide bonds. The molecule has 1 fully saturated rings. The highest BCUT2D eigenvalue weighted by Gasteiger charge is 2.24. The highest BCUT2D eigenvalue weighted by atomic mass is 32.1. The quantitative estimate of drug-likeness (QED) is 0.789. The van der Waals surface area contributed by atoms with Crippen molar-refractivity contribution in [3.8, 4) is 0 Å². The maximum Gasteiger partial charge on any atom is 0.275 e. The van der Waals surface area contributed by atoms with Gasteiger partial charge in [0.2, 0.25) is 0 Å². The van der Waals surface area contributed by atoms with Crippen molar-refractivity contribution in [3.05, 3.63) is 11.9 Å². The van der Waals surface area contributed by atoms with Crippen molar-refractivity contribution in [2.75, 3.05) is 19.6 Å². The molecule has 2 N–H and O–H groups in total. The number of likely N-dealkylation sites (tertiary alicyclic amines) is 1. The van der Waals surface area contributed by atoms with Gasteiger partial charge in [0.25, 0.3) is 5.91 Å². The number of hydrogen-bond acceptors (Lipinski definition) is 5. The van der Waals surface area contributed by atoms with Gasteiger partial charge in [0.05, 0.1) is 17.9 Å². The highest BCUT2D eigenvalue weighted by molar-refractivity contribution is 6.99. The summed E-state index contributed by atoms with van der Waals surface area (Å²) >= 11 is 1.07. The van der Waals surface area contributed by atoms with E-state index in [2.05, 4.69) is 8.75 Å². The van der Waals surface area contributed by atoms with Crippen molar-refractivity contribution in [3.63, 3.8) is 0 Å². The molecule has 15 heavy (non-hydrogen) atoms. The Morgan fingerprint density at radius 3 is 3.27 bits per heavy atom. The lowest BCUT2D eigenvalue weighted by Crippen LogP contribution is -2.42. The minimum absolute atomic E-state index is 0.0121. The molecule has 2 heterocycles. The van der Waals surface area contributed by atoms with E-state index in [0.29, 0.717) is 18.2 Å². The molecule has 1 aromatic rings. The third kappa shape index (κ3) is 2.32. The highest BCUT2D eigenvalue weighted by Crippen LogP contribution is 2.17. The van der Waals surface area contributed by atoms with Crippen molar-refractivity contribution < 1.29 is 4.79 Å². The van der Waals surface area contributed by atoms with Crippen LogP contribution >= 0.6 is 11.7 Å². The van der Waals surface area contributed by atoms with E-state index < -0.39 is 0 Å². The van der Waals surface area contributed by atoms with Crippen LogP contribution in [0.2, 0.25) is 0 Å². The van der Waals surface area contributed by atoms with Crippen LogP contribution < -0.4 is 5.73 Å². The molecular weight excluding hydrogens is 212 g/mol. The first kappa shape index (κ1) is 10.5. The minimum atomic E-state index is -0.0121. The van der Waals surface area contributed by atoms with E-state index in [1.165, 1.54) is 6.20 Å². The number of nitrogens with two attached hydrogens (primary N) is 1. The first-order chi connectivity index (χ1) is 7.31. The standard InChI is InChI=1S/C9H14N4OS/c10-4-7-2-1-3-13(6-7)9(14)8-5-11-15-12-8/h5,7H,1-4,6,10H2. The zero-order valence-corrected chi connectivity index (χ0v) is 9.24. The van der Waals surface area contributed by atoms with E-state index in [1.54, 1.807) is 0 Å². The van der Waals surface area contributed by atoms with Gasteiger partial charge in [-0.05, 0) is 25.3 Å². The second-order valence-electron chi connectivity index (χ2n) is 3.79. The summed E-state index contributed by atoms with van der Waals surface area (Å²) in [6.45, 7) is 2.22. The fraction of sp³-hybridized carbons (Fsp3) is 0.667. The SMILES string of the molecule is NCC1CCCN(C(=O)c2cnsn2)C1. The van der Waals surface area contributed by atoms with Gasteiger partial charge in [0, 0.05) is 13.1 Å². The molecule has 0 spiro atoms. The summed E-state index contributed by atoms with van der Waals surface area (Å²) in [6.07, 6.45) is 3.68. The van der Waals surface area contributed by atoms with Crippen LogP contribution in [0.4, 0.5) is 0 Å².